The van der Waals surface area contributed by atoms with Gasteiger partial charge in [0.1, 0.15) is 0 Å². The number of hydrogen-bond donors (Lipinski definition) is 0. The van der Waals surface area contributed by atoms with Crippen molar-refractivity contribution in [1.29, 1.82) is 0 Å². The largest absolute Gasteiger partial charge is 0.493 e. The lowest BCUT2D eigenvalue weighted by molar-refractivity contribution is -0.133. The fraction of sp³-hybridized carbons (Fsp3) is 0.650. The molecule has 0 N–H and O–H groups in total. The van der Waals surface area contributed by atoms with Crippen molar-refractivity contribution in [3.05, 3.63) is 23.3 Å². The van der Waals surface area contributed by atoms with Crippen molar-refractivity contribution >= 4 is 5.91 Å². The van der Waals surface area contributed by atoms with Gasteiger partial charge in [-0.15, -0.1) is 0 Å². The van der Waals surface area contributed by atoms with Crippen LogP contribution < -0.4 is 9.47 Å². The number of nitrogens with zero attached hydrogens (tertiary/aromatic N) is 2. The molecule has 1 fully saturated rings. The van der Waals surface area contributed by atoms with Crippen LogP contribution in [0.25, 0.3) is 0 Å². The Bertz CT molecular complexity index is 632. The zero-order chi connectivity index (χ0) is 18.0. The van der Waals surface area contributed by atoms with Crippen molar-refractivity contribution in [3.8, 4) is 11.5 Å². The molecule has 2 atom stereocenters. The van der Waals surface area contributed by atoms with Gasteiger partial charge in [0.25, 0.3) is 0 Å². The predicted octanol–water partition coefficient (Wildman–Crippen LogP) is 3.02. The van der Waals surface area contributed by atoms with Crippen LogP contribution in [0.15, 0.2) is 12.1 Å². The number of hydrogen-bond acceptors (Lipinski definition) is 4. The molecule has 0 radical (unpaired) electrons. The molecule has 1 aromatic rings. The summed E-state index contributed by atoms with van der Waals surface area (Å²) in [5, 5.41) is 0. The van der Waals surface area contributed by atoms with Crippen molar-refractivity contribution in [1.82, 2.24) is 9.80 Å². The first-order valence-corrected chi connectivity index (χ1v) is 9.37. The fourth-order valence-corrected chi connectivity index (χ4v) is 4.34. The van der Waals surface area contributed by atoms with Crippen LogP contribution in [0.1, 0.15) is 50.3 Å². The molecule has 1 amide bonds. The number of methoxy groups -OCH3 is 2. The average Bonchev–Trinajstić information content (AvgIpc) is 2.66. The van der Waals surface area contributed by atoms with Crippen LogP contribution in [0.4, 0.5) is 0 Å². The molecule has 25 heavy (non-hydrogen) atoms. The molecule has 5 nitrogen and oxygen atoms in total. The van der Waals surface area contributed by atoms with E-state index >= 15 is 0 Å². The van der Waals surface area contributed by atoms with Crippen LogP contribution in [-0.4, -0.2) is 55.6 Å². The molecule has 0 aliphatic carbocycles. The minimum atomic E-state index is 0.279. The highest BCUT2D eigenvalue weighted by Gasteiger charge is 2.33. The molecule has 2 heterocycles. The lowest BCUT2D eigenvalue weighted by atomic mass is 9.90. The van der Waals surface area contributed by atoms with Crippen molar-refractivity contribution in [2.24, 2.45) is 0 Å². The lowest BCUT2D eigenvalue weighted by Crippen LogP contribution is -2.51. The van der Waals surface area contributed by atoms with Gasteiger partial charge in [-0.3, -0.25) is 9.69 Å². The Morgan fingerprint density at radius 2 is 1.92 bits per heavy atom. The molecule has 1 saturated heterocycles. The average molecular weight is 346 g/mol. The maximum absolute atomic E-state index is 12.1. The van der Waals surface area contributed by atoms with Crippen molar-refractivity contribution < 1.29 is 14.3 Å². The third-order valence-corrected chi connectivity index (χ3v) is 5.75. The standard InChI is InChI=1S/C20H30N2O3/c1-5-20(23)21-9-6-7-16(13-21)22-10-8-15-11-18(24-3)19(25-4)12-17(15)14(22)2/h11-12,14,16H,5-10,13H2,1-4H3/t14-,16+/m1/s1. The lowest BCUT2D eigenvalue weighted by Gasteiger charge is -2.45. The zero-order valence-corrected chi connectivity index (χ0v) is 15.9. The van der Waals surface area contributed by atoms with E-state index in [0.29, 0.717) is 18.5 Å². The first kappa shape index (κ1) is 18.1. The van der Waals surface area contributed by atoms with Gasteiger partial charge in [0.05, 0.1) is 14.2 Å². The summed E-state index contributed by atoms with van der Waals surface area (Å²) >= 11 is 0. The van der Waals surface area contributed by atoms with E-state index < -0.39 is 0 Å². The number of fused-ring (bicyclic) bond motifs is 1. The Balaban J connectivity index is 1.81. The normalized spacial score (nSPS) is 23.9. The Labute approximate surface area is 150 Å². The van der Waals surface area contributed by atoms with Crippen LogP contribution in [0.2, 0.25) is 0 Å². The number of benzene rings is 1. The number of carbonyl (C=O) groups excluding carboxylic acids is 1. The van der Waals surface area contributed by atoms with Crippen LogP contribution >= 0.6 is 0 Å². The number of ether oxygens (including phenoxy) is 2. The molecular weight excluding hydrogens is 316 g/mol. The summed E-state index contributed by atoms with van der Waals surface area (Å²) in [7, 11) is 3.37. The third kappa shape index (κ3) is 3.47. The number of piperidine rings is 1. The maximum Gasteiger partial charge on any atom is 0.222 e. The summed E-state index contributed by atoms with van der Waals surface area (Å²) in [6, 6.07) is 5.02. The maximum atomic E-state index is 12.1. The molecule has 2 aliphatic heterocycles. The SMILES string of the molecule is CCC(=O)N1CCC[C@H](N2CCc3cc(OC)c(OC)cc3[C@H]2C)C1. The van der Waals surface area contributed by atoms with Gasteiger partial charge in [0.15, 0.2) is 11.5 Å². The smallest absolute Gasteiger partial charge is 0.222 e. The van der Waals surface area contributed by atoms with E-state index in [2.05, 4.69) is 24.0 Å². The monoisotopic (exact) mass is 346 g/mol. The van der Waals surface area contributed by atoms with Crippen LogP contribution in [-0.2, 0) is 11.2 Å². The van der Waals surface area contributed by atoms with E-state index in [1.807, 2.05) is 11.8 Å². The molecule has 5 heteroatoms. The second kappa shape index (κ2) is 7.65. The van der Waals surface area contributed by atoms with Crippen LogP contribution in [0.3, 0.4) is 0 Å². The summed E-state index contributed by atoms with van der Waals surface area (Å²) in [5.41, 5.74) is 2.67. The third-order valence-electron chi connectivity index (χ3n) is 5.75. The molecule has 1 aromatic carbocycles. The molecule has 0 saturated carbocycles. The Hall–Kier alpha value is -1.75. The highest BCUT2D eigenvalue weighted by Crippen LogP contribution is 2.39. The quantitative estimate of drug-likeness (QED) is 0.840. The Morgan fingerprint density at radius 3 is 2.60 bits per heavy atom. The molecule has 0 spiro atoms. The molecule has 0 bridgehead atoms. The van der Waals surface area contributed by atoms with Gasteiger partial charge in [-0.1, -0.05) is 6.92 Å². The minimum Gasteiger partial charge on any atom is -0.493 e. The molecule has 138 valence electrons. The molecular formula is C20H30N2O3. The first-order valence-electron chi connectivity index (χ1n) is 9.37. The Kier molecular flexibility index (Phi) is 5.52. The second-order valence-electron chi connectivity index (χ2n) is 7.06. The van der Waals surface area contributed by atoms with Gasteiger partial charge in [-0.05, 0) is 49.4 Å². The first-order chi connectivity index (χ1) is 12.1. The van der Waals surface area contributed by atoms with E-state index in [0.717, 1.165) is 44.0 Å². The van der Waals surface area contributed by atoms with E-state index in [1.54, 1.807) is 14.2 Å². The highest BCUT2D eigenvalue weighted by atomic mass is 16.5. The summed E-state index contributed by atoms with van der Waals surface area (Å²) in [6.07, 6.45) is 3.87. The topological polar surface area (TPSA) is 42.0 Å². The summed E-state index contributed by atoms with van der Waals surface area (Å²) in [5.74, 6) is 1.88. The van der Waals surface area contributed by atoms with Crippen LogP contribution in [0.5, 0.6) is 11.5 Å². The summed E-state index contributed by atoms with van der Waals surface area (Å²) < 4.78 is 10.9. The van der Waals surface area contributed by atoms with Crippen molar-refractivity contribution in [2.75, 3.05) is 33.9 Å². The molecule has 3 rings (SSSR count). The second-order valence-corrected chi connectivity index (χ2v) is 7.06. The van der Waals surface area contributed by atoms with E-state index in [-0.39, 0.29) is 5.91 Å². The van der Waals surface area contributed by atoms with E-state index in [9.17, 15) is 4.79 Å². The summed E-state index contributed by atoms with van der Waals surface area (Å²) in [6.45, 7) is 7.02. The van der Waals surface area contributed by atoms with Gasteiger partial charge in [-0.25, -0.2) is 0 Å². The van der Waals surface area contributed by atoms with Crippen LogP contribution in [0, 0.1) is 0 Å². The predicted molar refractivity (Wildman–Crippen MR) is 98.3 cm³/mol. The molecule has 2 aliphatic rings. The highest BCUT2D eigenvalue weighted by molar-refractivity contribution is 5.75. The number of carbonyl (C=O) groups is 1. The minimum absolute atomic E-state index is 0.279. The van der Waals surface area contributed by atoms with Gasteiger partial charge < -0.3 is 14.4 Å². The zero-order valence-electron chi connectivity index (χ0n) is 15.9. The Morgan fingerprint density at radius 1 is 1.20 bits per heavy atom. The van der Waals surface area contributed by atoms with Crippen molar-refractivity contribution in [2.45, 2.75) is 51.6 Å². The molecule has 0 unspecified atom stereocenters. The van der Waals surface area contributed by atoms with Gasteiger partial charge in [-0.2, -0.15) is 0 Å². The van der Waals surface area contributed by atoms with Gasteiger partial charge in [0, 0.05) is 38.1 Å². The van der Waals surface area contributed by atoms with E-state index in [1.165, 1.54) is 17.5 Å². The van der Waals surface area contributed by atoms with Gasteiger partial charge in [0.2, 0.25) is 5.91 Å². The van der Waals surface area contributed by atoms with Gasteiger partial charge >= 0.3 is 0 Å². The van der Waals surface area contributed by atoms with E-state index in [4.69, 9.17) is 9.47 Å². The number of amides is 1. The fourth-order valence-electron chi connectivity index (χ4n) is 4.34. The van der Waals surface area contributed by atoms with Crippen molar-refractivity contribution in [3.63, 3.8) is 0 Å². The summed E-state index contributed by atoms with van der Waals surface area (Å²) in [4.78, 5) is 16.7. The number of likely N-dealkylation sites (tertiary alicyclic amines) is 1. The molecule has 0 aromatic heterocycles. The number of rotatable bonds is 4.